The minimum absolute atomic E-state index is 0.380. The fourth-order valence-electron chi connectivity index (χ4n) is 5.52. The Labute approximate surface area is 163 Å². The molecular weight excluding hydrogens is 342 g/mol. The van der Waals surface area contributed by atoms with E-state index in [1.54, 1.807) is 0 Å². The summed E-state index contributed by atoms with van der Waals surface area (Å²) in [5, 5.41) is 0.965. The van der Waals surface area contributed by atoms with Gasteiger partial charge in [-0.2, -0.15) is 0 Å². The summed E-state index contributed by atoms with van der Waals surface area (Å²) in [6, 6.07) is 7.35. The quantitative estimate of drug-likeness (QED) is 0.623. The molecule has 2 unspecified atom stereocenters. The highest BCUT2D eigenvalue weighted by Crippen LogP contribution is 2.37. The van der Waals surface area contributed by atoms with Crippen LogP contribution in [0.5, 0.6) is 0 Å². The van der Waals surface area contributed by atoms with Gasteiger partial charge in [-0.15, -0.1) is 0 Å². The van der Waals surface area contributed by atoms with Gasteiger partial charge in [0.1, 0.15) is 0 Å². The molecule has 142 valence electrons. The van der Waals surface area contributed by atoms with Gasteiger partial charge >= 0.3 is 0 Å². The summed E-state index contributed by atoms with van der Waals surface area (Å²) in [6.07, 6.45) is 14.5. The van der Waals surface area contributed by atoms with E-state index in [0.29, 0.717) is 17.9 Å². The minimum atomic E-state index is 0.380. The van der Waals surface area contributed by atoms with Crippen molar-refractivity contribution in [2.75, 3.05) is 6.54 Å². The Morgan fingerprint density at radius 2 is 1.85 bits per heavy atom. The van der Waals surface area contributed by atoms with E-state index < -0.39 is 0 Å². The maximum Gasteiger partial charge on any atom is 0.222 e. The molecule has 3 aliphatic rings. The van der Waals surface area contributed by atoms with Gasteiger partial charge in [0.25, 0.3) is 0 Å². The second-order valence-corrected chi connectivity index (χ2v) is 9.17. The Morgan fingerprint density at radius 3 is 2.58 bits per heavy atom. The van der Waals surface area contributed by atoms with Crippen LogP contribution >= 0.6 is 11.6 Å². The van der Waals surface area contributed by atoms with E-state index in [9.17, 15) is 4.79 Å². The minimum Gasteiger partial charge on any atom is -0.340 e. The van der Waals surface area contributed by atoms with E-state index in [1.165, 1.54) is 62.5 Å². The molecule has 0 bridgehead atoms. The first-order valence-electron chi connectivity index (χ1n) is 10.8. The topological polar surface area (TPSA) is 20.3 Å². The van der Waals surface area contributed by atoms with Gasteiger partial charge in [0.05, 0.1) is 0 Å². The maximum atomic E-state index is 12.1. The molecule has 1 aromatic carbocycles. The molecule has 1 heterocycles. The lowest BCUT2D eigenvalue weighted by atomic mass is 9.80. The SMILES string of the molecule is O=C1CCCN1C1CCCC(Cc2ccc(C3CCCCC3)cc2Cl)C1. The number of halogens is 1. The Balaban J connectivity index is 1.39. The molecule has 2 nitrogen and oxygen atoms in total. The van der Waals surface area contributed by atoms with Crippen LogP contribution in [0.25, 0.3) is 0 Å². The van der Waals surface area contributed by atoms with Gasteiger partial charge in [0.2, 0.25) is 5.91 Å². The van der Waals surface area contributed by atoms with E-state index in [-0.39, 0.29) is 0 Å². The molecule has 3 fully saturated rings. The van der Waals surface area contributed by atoms with Crippen molar-refractivity contribution in [1.29, 1.82) is 0 Å². The van der Waals surface area contributed by atoms with Gasteiger partial charge in [-0.05, 0) is 74.0 Å². The first-order valence-corrected chi connectivity index (χ1v) is 11.2. The van der Waals surface area contributed by atoms with Crippen LogP contribution in [0.1, 0.15) is 87.7 Å². The average Bonchev–Trinajstić information content (AvgIpc) is 3.10. The van der Waals surface area contributed by atoms with Gasteiger partial charge < -0.3 is 4.90 Å². The van der Waals surface area contributed by atoms with Crippen molar-refractivity contribution >= 4 is 17.5 Å². The fraction of sp³-hybridized carbons (Fsp3) is 0.696. The fourth-order valence-corrected chi connectivity index (χ4v) is 5.78. The van der Waals surface area contributed by atoms with E-state index in [2.05, 4.69) is 23.1 Å². The smallest absolute Gasteiger partial charge is 0.222 e. The molecule has 2 aliphatic carbocycles. The number of carbonyl (C=O) groups excluding carboxylic acids is 1. The summed E-state index contributed by atoms with van der Waals surface area (Å²) in [7, 11) is 0. The summed E-state index contributed by atoms with van der Waals surface area (Å²) < 4.78 is 0. The molecule has 26 heavy (non-hydrogen) atoms. The predicted octanol–water partition coefficient (Wildman–Crippen LogP) is 6.11. The number of nitrogens with zero attached hydrogens (tertiary/aromatic N) is 1. The third-order valence-electron chi connectivity index (χ3n) is 6.97. The molecule has 1 aromatic rings. The zero-order chi connectivity index (χ0) is 17.9. The summed E-state index contributed by atoms with van der Waals surface area (Å²) in [4.78, 5) is 14.3. The Bertz CT molecular complexity index is 637. The van der Waals surface area contributed by atoms with Crippen molar-refractivity contribution in [3.8, 4) is 0 Å². The van der Waals surface area contributed by atoms with Gasteiger partial charge in [-0.1, -0.05) is 49.4 Å². The molecule has 2 atom stereocenters. The molecular formula is C23H32ClNO. The van der Waals surface area contributed by atoms with Crippen LogP contribution in [0.3, 0.4) is 0 Å². The largest absolute Gasteiger partial charge is 0.340 e. The third kappa shape index (κ3) is 4.11. The molecule has 0 N–H and O–H groups in total. The van der Waals surface area contributed by atoms with Gasteiger partial charge in [0.15, 0.2) is 0 Å². The lowest BCUT2D eigenvalue weighted by molar-refractivity contribution is -0.130. The molecule has 1 amide bonds. The molecule has 1 aliphatic heterocycles. The van der Waals surface area contributed by atoms with Crippen molar-refractivity contribution in [3.05, 3.63) is 34.3 Å². The lowest BCUT2D eigenvalue weighted by Gasteiger charge is -2.35. The molecule has 1 saturated heterocycles. The maximum absolute atomic E-state index is 12.1. The number of rotatable bonds is 4. The normalized spacial score (nSPS) is 27.9. The first kappa shape index (κ1) is 18.3. The van der Waals surface area contributed by atoms with Crippen LogP contribution in [-0.2, 0) is 11.2 Å². The average molecular weight is 374 g/mol. The zero-order valence-electron chi connectivity index (χ0n) is 15.9. The van der Waals surface area contributed by atoms with Crippen LogP contribution in [-0.4, -0.2) is 23.4 Å². The number of carbonyl (C=O) groups is 1. The van der Waals surface area contributed by atoms with Crippen molar-refractivity contribution in [3.63, 3.8) is 0 Å². The molecule has 4 rings (SSSR count). The van der Waals surface area contributed by atoms with Gasteiger partial charge in [-0.25, -0.2) is 0 Å². The Kier molecular flexibility index (Phi) is 5.88. The van der Waals surface area contributed by atoms with E-state index in [0.717, 1.165) is 43.2 Å². The molecule has 2 saturated carbocycles. The summed E-state index contributed by atoms with van der Waals surface area (Å²) in [5.74, 6) is 1.77. The van der Waals surface area contributed by atoms with Crippen LogP contribution in [0, 0.1) is 5.92 Å². The molecule has 0 aromatic heterocycles. The number of amides is 1. The van der Waals surface area contributed by atoms with Crippen molar-refractivity contribution in [2.45, 2.75) is 89.0 Å². The Hall–Kier alpha value is -1.02. The van der Waals surface area contributed by atoms with Crippen LogP contribution in [0.2, 0.25) is 5.02 Å². The summed E-state index contributed by atoms with van der Waals surface area (Å²) in [6.45, 7) is 0.979. The molecule has 0 radical (unpaired) electrons. The van der Waals surface area contributed by atoms with E-state index in [4.69, 9.17) is 11.6 Å². The highest BCUT2D eigenvalue weighted by Gasteiger charge is 2.32. The third-order valence-corrected chi connectivity index (χ3v) is 7.32. The molecule has 3 heteroatoms. The van der Waals surface area contributed by atoms with E-state index >= 15 is 0 Å². The summed E-state index contributed by atoms with van der Waals surface area (Å²) >= 11 is 6.69. The number of likely N-dealkylation sites (tertiary alicyclic amines) is 1. The predicted molar refractivity (Wildman–Crippen MR) is 108 cm³/mol. The number of benzene rings is 1. The molecule has 0 spiro atoms. The zero-order valence-corrected chi connectivity index (χ0v) is 16.6. The van der Waals surface area contributed by atoms with Gasteiger partial charge in [-0.3, -0.25) is 4.79 Å². The van der Waals surface area contributed by atoms with Crippen LogP contribution in [0.15, 0.2) is 18.2 Å². The second kappa shape index (κ2) is 8.33. The standard InChI is InChI=1S/C23H32ClNO/c24-22-16-19(18-7-2-1-3-8-18)11-12-20(22)14-17-6-4-9-21(15-17)25-13-5-10-23(25)26/h11-12,16-18,21H,1-10,13-15H2. The van der Waals surface area contributed by atoms with Crippen LogP contribution < -0.4 is 0 Å². The highest BCUT2D eigenvalue weighted by molar-refractivity contribution is 6.31. The monoisotopic (exact) mass is 373 g/mol. The highest BCUT2D eigenvalue weighted by atomic mass is 35.5. The lowest BCUT2D eigenvalue weighted by Crippen LogP contribution is -2.39. The van der Waals surface area contributed by atoms with Gasteiger partial charge in [0, 0.05) is 24.0 Å². The number of hydrogen-bond acceptors (Lipinski definition) is 1. The Morgan fingerprint density at radius 1 is 1.00 bits per heavy atom. The van der Waals surface area contributed by atoms with Crippen molar-refractivity contribution in [2.24, 2.45) is 5.92 Å². The second-order valence-electron chi connectivity index (χ2n) is 8.77. The van der Waals surface area contributed by atoms with E-state index in [1.807, 2.05) is 0 Å². The number of hydrogen-bond donors (Lipinski definition) is 0. The van der Waals surface area contributed by atoms with Crippen molar-refractivity contribution < 1.29 is 4.79 Å². The van der Waals surface area contributed by atoms with Crippen molar-refractivity contribution in [1.82, 2.24) is 4.90 Å². The van der Waals surface area contributed by atoms with Crippen LogP contribution in [0.4, 0.5) is 0 Å². The summed E-state index contributed by atoms with van der Waals surface area (Å²) in [5.41, 5.74) is 2.76. The first-order chi connectivity index (χ1) is 12.7.